The Morgan fingerprint density at radius 2 is 1.84 bits per heavy atom. The highest BCUT2D eigenvalue weighted by Crippen LogP contribution is 2.34. The molecule has 0 fully saturated rings. The standard InChI is InChI=1S/C11H11F2NO4S/c1-5(2)9(11(15)16)19-10-7(12)3-6(14(17)18)4-8(10)13/h3-5,9H,1-2H3,(H,15,16). The molecule has 0 aliphatic heterocycles. The summed E-state index contributed by atoms with van der Waals surface area (Å²) in [5.41, 5.74) is -0.712. The first-order valence-corrected chi connectivity index (χ1v) is 6.15. The third-order valence-corrected chi connectivity index (χ3v) is 3.91. The lowest BCUT2D eigenvalue weighted by Crippen LogP contribution is -2.22. The second-order valence-electron chi connectivity index (χ2n) is 4.12. The van der Waals surface area contributed by atoms with E-state index >= 15 is 0 Å². The topological polar surface area (TPSA) is 80.4 Å². The van der Waals surface area contributed by atoms with Crippen LogP contribution in [0.15, 0.2) is 17.0 Å². The summed E-state index contributed by atoms with van der Waals surface area (Å²) in [5, 5.41) is 18.3. The minimum atomic E-state index is -1.20. The van der Waals surface area contributed by atoms with Gasteiger partial charge in [-0.3, -0.25) is 14.9 Å². The Morgan fingerprint density at radius 1 is 1.37 bits per heavy atom. The molecule has 0 radical (unpaired) electrons. The van der Waals surface area contributed by atoms with Crippen molar-refractivity contribution in [2.75, 3.05) is 0 Å². The van der Waals surface area contributed by atoms with E-state index in [1.807, 2.05) is 0 Å². The van der Waals surface area contributed by atoms with E-state index in [9.17, 15) is 23.7 Å². The van der Waals surface area contributed by atoms with E-state index in [4.69, 9.17) is 5.11 Å². The molecular weight excluding hydrogens is 280 g/mol. The van der Waals surface area contributed by atoms with Crippen LogP contribution in [0.4, 0.5) is 14.5 Å². The molecule has 0 bridgehead atoms. The first kappa shape index (κ1) is 15.4. The van der Waals surface area contributed by atoms with Gasteiger partial charge in [-0.25, -0.2) is 8.78 Å². The van der Waals surface area contributed by atoms with Crippen molar-refractivity contribution in [3.05, 3.63) is 33.9 Å². The smallest absolute Gasteiger partial charge is 0.317 e. The second-order valence-corrected chi connectivity index (χ2v) is 5.27. The third-order valence-electron chi connectivity index (χ3n) is 2.29. The number of nitro groups is 1. The van der Waals surface area contributed by atoms with E-state index in [1.165, 1.54) is 0 Å². The number of hydrogen-bond donors (Lipinski definition) is 1. The van der Waals surface area contributed by atoms with Crippen molar-refractivity contribution < 1.29 is 23.6 Å². The summed E-state index contributed by atoms with van der Waals surface area (Å²) >= 11 is 0.506. The van der Waals surface area contributed by atoms with Crippen LogP contribution in [0.3, 0.4) is 0 Å². The molecule has 19 heavy (non-hydrogen) atoms. The van der Waals surface area contributed by atoms with Gasteiger partial charge in [-0.2, -0.15) is 0 Å². The van der Waals surface area contributed by atoms with Gasteiger partial charge in [-0.15, -0.1) is 11.8 Å². The maximum absolute atomic E-state index is 13.6. The molecule has 1 N–H and O–H groups in total. The second kappa shape index (κ2) is 5.96. The van der Waals surface area contributed by atoms with Crippen LogP contribution in [0, 0.1) is 27.7 Å². The van der Waals surface area contributed by atoms with Crippen molar-refractivity contribution in [1.82, 2.24) is 0 Å². The number of halogens is 2. The fourth-order valence-corrected chi connectivity index (χ4v) is 2.33. The molecule has 1 rings (SSSR count). The number of benzene rings is 1. The molecule has 0 spiro atoms. The summed E-state index contributed by atoms with van der Waals surface area (Å²) in [6, 6.07) is 1.15. The zero-order valence-corrected chi connectivity index (χ0v) is 10.9. The van der Waals surface area contributed by atoms with E-state index in [1.54, 1.807) is 13.8 Å². The van der Waals surface area contributed by atoms with E-state index in [-0.39, 0.29) is 5.92 Å². The molecule has 0 aromatic heterocycles. The van der Waals surface area contributed by atoms with E-state index < -0.39 is 38.4 Å². The number of nitro benzene ring substituents is 1. The van der Waals surface area contributed by atoms with Crippen LogP contribution in [-0.2, 0) is 4.79 Å². The van der Waals surface area contributed by atoms with Crippen LogP contribution in [0.1, 0.15) is 13.8 Å². The predicted octanol–water partition coefficient (Wildman–Crippen LogP) is 3.07. The van der Waals surface area contributed by atoms with E-state index in [2.05, 4.69) is 0 Å². The first-order valence-electron chi connectivity index (χ1n) is 5.27. The largest absolute Gasteiger partial charge is 0.480 e. The number of aliphatic carboxylic acids is 1. The highest BCUT2D eigenvalue weighted by molar-refractivity contribution is 8.00. The third kappa shape index (κ3) is 3.63. The van der Waals surface area contributed by atoms with Gasteiger partial charge < -0.3 is 5.11 Å². The number of rotatable bonds is 5. The van der Waals surface area contributed by atoms with Gasteiger partial charge in [0.25, 0.3) is 5.69 Å². The maximum Gasteiger partial charge on any atom is 0.317 e. The van der Waals surface area contributed by atoms with Gasteiger partial charge in [0.2, 0.25) is 0 Å². The molecule has 1 aromatic rings. The summed E-state index contributed by atoms with van der Waals surface area (Å²) < 4.78 is 27.2. The van der Waals surface area contributed by atoms with Crippen LogP contribution >= 0.6 is 11.8 Å². The molecule has 0 heterocycles. The average molecular weight is 291 g/mol. The molecule has 1 atom stereocenters. The molecule has 0 aliphatic rings. The lowest BCUT2D eigenvalue weighted by Gasteiger charge is -2.16. The number of nitrogens with zero attached hydrogens (tertiary/aromatic N) is 1. The predicted molar refractivity (Wildman–Crippen MR) is 65.1 cm³/mol. The van der Waals surface area contributed by atoms with Crippen molar-refractivity contribution in [3.63, 3.8) is 0 Å². The lowest BCUT2D eigenvalue weighted by atomic mass is 10.1. The summed E-state index contributed by atoms with van der Waals surface area (Å²) in [6.07, 6.45) is 0. The molecule has 0 aliphatic carbocycles. The molecule has 8 heteroatoms. The number of carbonyl (C=O) groups is 1. The molecule has 0 saturated carbocycles. The quantitative estimate of drug-likeness (QED) is 0.512. The molecule has 5 nitrogen and oxygen atoms in total. The van der Waals surface area contributed by atoms with Crippen LogP contribution in [0.25, 0.3) is 0 Å². The van der Waals surface area contributed by atoms with Crippen LogP contribution in [0.5, 0.6) is 0 Å². The molecule has 0 saturated heterocycles. The Bertz CT molecular complexity index is 498. The Balaban J connectivity index is 3.14. The first-order chi connectivity index (χ1) is 8.73. The van der Waals surface area contributed by atoms with Crippen molar-refractivity contribution in [3.8, 4) is 0 Å². The number of carboxylic acids is 1. The normalized spacial score (nSPS) is 12.5. The minimum Gasteiger partial charge on any atom is -0.480 e. The van der Waals surface area contributed by atoms with Crippen molar-refractivity contribution in [2.45, 2.75) is 24.0 Å². The summed E-state index contributed by atoms with van der Waals surface area (Å²) in [4.78, 5) is 20.0. The Labute approximate surface area is 111 Å². The fraction of sp³-hybridized carbons (Fsp3) is 0.364. The maximum atomic E-state index is 13.6. The summed E-state index contributed by atoms with van der Waals surface area (Å²) in [7, 11) is 0. The zero-order valence-electron chi connectivity index (χ0n) is 10.1. The zero-order chi connectivity index (χ0) is 14.7. The molecule has 1 aromatic carbocycles. The molecule has 0 amide bonds. The van der Waals surface area contributed by atoms with Gasteiger partial charge in [-0.1, -0.05) is 13.8 Å². The van der Waals surface area contributed by atoms with Gasteiger partial charge in [0.15, 0.2) is 0 Å². The van der Waals surface area contributed by atoms with Crippen LogP contribution in [0.2, 0.25) is 0 Å². The molecular formula is C11H11F2NO4S. The van der Waals surface area contributed by atoms with E-state index in [0.29, 0.717) is 23.9 Å². The lowest BCUT2D eigenvalue weighted by molar-refractivity contribution is -0.385. The molecule has 104 valence electrons. The average Bonchev–Trinajstić information content (AvgIpc) is 2.26. The van der Waals surface area contributed by atoms with Crippen LogP contribution < -0.4 is 0 Å². The van der Waals surface area contributed by atoms with Gasteiger partial charge >= 0.3 is 5.97 Å². The van der Waals surface area contributed by atoms with Crippen LogP contribution in [-0.4, -0.2) is 21.2 Å². The number of non-ortho nitro benzene ring substituents is 1. The highest BCUT2D eigenvalue weighted by Gasteiger charge is 2.27. The molecule has 1 unspecified atom stereocenters. The fourth-order valence-electron chi connectivity index (χ4n) is 1.36. The van der Waals surface area contributed by atoms with Crippen molar-refractivity contribution >= 4 is 23.4 Å². The number of hydrogen-bond acceptors (Lipinski definition) is 4. The highest BCUT2D eigenvalue weighted by atomic mass is 32.2. The minimum absolute atomic E-state index is 0.350. The Hall–Kier alpha value is -1.70. The summed E-state index contributed by atoms with van der Waals surface area (Å²) in [6.45, 7) is 3.21. The van der Waals surface area contributed by atoms with Gasteiger partial charge in [0.05, 0.1) is 22.0 Å². The van der Waals surface area contributed by atoms with E-state index in [0.717, 1.165) is 0 Å². The van der Waals surface area contributed by atoms with Crippen molar-refractivity contribution in [1.29, 1.82) is 0 Å². The number of thioether (sulfide) groups is 1. The van der Waals surface area contributed by atoms with Gasteiger partial charge in [-0.05, 0) is 5.92 Å². The monoisotopic (exact) mass is 291 g/mol. The SMILES string of the molecule is CC(C)C(Sc1c(F)cc([N+](=O)[O-])cc1F)C(=O)O. The Morgan fingerprint density at radius 3 is 2.16 bits per heavy atom. The number of carboxylic acid groups (broad SMARTS) is 1. The van der Waals surface area contributed by atoms with Gasteiger partial charge in [0, 0.05) is 0 Å². The Kier molecular flexibility index (Phi) is 4.82. The van der Waals surface area contributed by atoms with Gasteiger partial charge in [0.1, 0.15) is 16.9 Å². The van der Waals surface area contributed by atoms with Crippen molar-refractivity contribution in [2.24, 2.45) is 5.92 Å². The summed E-state index contributed by atoms with van der Waals surface area (Å²) in [5.74, 6) is -3.82.